The Morgan fingerprint density at radius 1 is 1.38 bits per heavy atom. The van der Waals surface area contributed by atoms with Crippen molar-refractivity contribution in [2.75, 3.05) is 0 Å². The second kappa shape index (κ2) is 6.97. The first-order valence-corrected chi connectivity index (χ1v) is 8.16. The minimum atomic E-state index is -0.370. The summed E-state index contributed by atoms with van der Waals surface area (Å²) in [5.41, 5.74) is 0.352. The molecule has 1 fully saturated rings. The van der Waals surface area contributed by atoms with Crippen LogP contribution < -0.4 is 0 Å². The second-order valence-electron chi connectivity index (χ2n) is 6.27. The Labute approximate surface area is 136 Å². The number of aromatic nitrogens is 1. The third kappa shape index (κ3) is 4.10. The third-order valence-electron chi connectivity index (χ3n) is 4.25. The maximum Gasteiger partial charge on any atom is 0.340 e. The molecule has 1 saturated carbocycles. The van der Waals surface area contributed by atoms with E-state index in [1.807, 2.05) is 0 Å². The van der Waals surface area contributed by atoms with E-state index in [-0.39, 0.29) is 22.2 Å². The molecule has 3 unspecified atom stereocenters. The van der Waals surface area contributed by atoms with E-state index in [9.17, 15) is 4.79 Å². The standard InChI is InChI=1S/C16H21Cl2NO2/c1-9(2)12-5-4-10(3)6-14(12)21-16(20)11-7-13(17)15(18)19-8-11/h7-10,12,14H,4-6H2,1-3H3. The van der Waals surface area contributed by atoms with Crippen LogP contribution in [-0.4, -0.2) is 17.1 Å². The highest BCUT2D eigenvalue weighted by Crippen LogP contribution is 2.35. The van der Waals surface area contributed by atoms with Gasteiger partial charge in [-0.2, -0.15) is 0 Å². The molecular formula is C16H21Cl2NO2. The van der Waals surface area contributed by atoms with Crippen molar-refractivity contribution in [3.8, 4) is 0 Å². The van der Waals surface area contributed by atoms with Gasteiger partial charge >= 0.3 is 5.97 Å². The van der Waals surface area contributed by atoms with Crippen LogP contribution in [0.15, 0.2) is 12.3 Å². The zero-order valence-electron chi connectivity index (χ0n) is 12.6. The SMILES string of the molecule is CC1CCC(C(C)C)C(OC(=O)c2cnc(Cl)c(Cl)c2)C1. The lowest BCUT2D eigenvalue weighted by Crippen LogP contribution is -2.35. The van der Waals surface area contributed by atoms with Gasteiger partial charge in [0, 0.05) is 6.20 Å². The van der Waals surface area contributed by atoms with Crippen LogP contribution in [0.1, 0.15) is 50.4 Å². The third-order valence-corrected chi connectivity index (χ3v) is 4.94. The van der Waals surface area contributed by atoms with E-state index in [4.69, 9.17) is 27.9 Å². The molecule has 0 aromatic carbocycles. The van der Waals surface area contributed by atoms with Crippen LogP contribution in [0.5, 0.6) is 0 Å². The number of esters is 1. The Morgan fingerprint density at radius 3 is 2.71 bits per heavy atom. The molecule has 0 amide bonds. The summed E-state index contributed by atoms with van der Waals surface area (Å²) in [6.07, 6.45) is 4.61. The number of carbonyl (C=O) groups excluding carboxylic acids is 1. The summed E-state index contributed by atoms with van der Waals surface area (Å²) in [4.78, 5) is 16.2. The molecule has 1 heterocycles. The molecule has 2 rings (SSSR count). The van der Waals surface area contributed by atoms with Crippen molar-refractivity contribution in [3.63, 3.8) is 0 Å². The number of nitrogens with zero attached hydrogens (tertiary/aromatic N) is 1. The van der Waals surface area contributed by atoms with Gasteiger partial charge in [0.05, 0.1) is 10.6 Å². The van der Waals surface area contributed by atoms with E-state index in [1.165, 1.54) is 18.7 Å². The number of hydrogen-bond acceptors (Lipinski definition) is 3. The van der Waals surface area contributed by atoms with Gasteiger partial charge in [-0.1, -0.05) is 50.4 Å². The van der Waals surface area contributed by atoms with Gasteiger partial charge in [-0.25, -0.2) is 9.78 Å². The quantitative estimate of drug-likeness (QED) is 0.578. The number of ether oxygens (including phenoxy) is 1. The second-order valence-corrected chi connectivity index (χ2v) is 7.03. The average molecular weight is 330 g/mol. The predicted octanol–water partition coefficient (Wildman–Crippen LogP) is 5.01. The fraction of sp³-hybridized carbons (Fsp3) is 0.625. The number of halogens is 2. The van der Waals surface area contributed by atoms with E-state index in [2.05, 4.69) is 25.8 Å². The monoisotopic (exact) mass is 329 g/mol. The lowest BCUT2D eigenvalue weighted by atomic mass is 9.75. The van der Waals surface area contributed by atoms with Gasteiger partial charge in [-0.05, 0) is 36.7 Å². The Hall–Kier alpha value is -0.800. The summed E-state index contributed by atoms with van der Waals surface area (Å²) in [5, 5.41) is 0.461. The molecule has 0 spiro atoms. The van der Waals surface area contributed by atoms with Gasteiger partial charge in [0.15, 0.2) is 0 Å². The molecule has 0 saturated heterocycles. The van der Waals surface area contributed by atoms with Crippen LogP contribution >= 0.6 is 23.2 Å². The summed E-state index contributed by atoms with van der Waals surface area (Å²) < 4.78 is 5.74. The normalized spacial score (nSPS) is 25.9. The predicted molar refractivity (Wildman–Crippen MR) is 84.8 cm³/mol. The first kappa shape index (κ1) is 16.6. The van der Waals surface area contributed by atoms with E-state index in [1.54, 1.807) is 0 Å². The smallest absolute Gasteiger partial charge is 0.340 e. The number of carbonyl (C=O) groups is 1. The highest BCUT2D eigenvalue weighted by atomic mass is 35.5. The van der Waals surface area contributed by atoms with Gasteiger partial charge in [-0.15, -0.1) is 0 Å². The summed E-state index contributed by atoms with van der Waals surface area (Å²) in [6, 6.07) is 1.51. The maximum atomic E-state index is 12.3. The first-order valence-electron chi connectivity index (χ1n) is 7.40. The van der Waals surface area contributed by atoms with Crippen LogP contribution in [0.2, 0.25) is 10.2 Å². The van der Waals surface area contributed by atoms with Crippen molar-refractivity contribution in [2.24, 2.45) is 17.8 Å². The number of pyridine rings is 1. The van der Waals surface area contributed by atoms with Crippen LogP contribution in [0.3, 0.4) is 0 Å². The van der Waals surface area contributed by atoms with E-state index >= 15 is 0 Å². The summed E-state index contributed by atoms with van der Waals surface area (Å²) in [7, 11) is 0. The Bertz CT molecular complexity index is 519. The highest BCUT2D eigenvalue weighted by molar-refractivity contribution is 6.41. The van der Waals surface area contributed by atoms with Crippen LogP contribution in [-0.2, 0) is 4.74 Å². The lowest BCUT2D eigenvalue weighted by molar-refractivity contribution is -0.0174. The molecule has 1 aliphatic carbocycles. The topological polar surface area (TPSA) is 39.2 Å². The molecule has 5 heteroatoms. The summed E-state index contributed by atoms with van der Waals surface area (Å²) in [6.45, 7) is 6.57. The zero-order chi connectivity index (χ0) is 15.6. The molecule has 3 atom stereocenters. The molecule has 0 N–H and O–H groups in total. The van der Waals surface area contributed by atoms with Crippen molar-refractivity contribution in [1.29, 1.82) is 0 Å². The molecule has 1 aromatic rings. The molecule has 3 nitrogen and oxygen atoms in total. The largest absolute Gasteiger partial charge is 0.458 e. The van der Waals surface area contributed by atoms with Gasteiger partial charge in [0.25, 0.3) is 0 Å². The van der Waals surface area contributed by atoms with Crippen LogP contribution in [0.25, 0.3) is 0 Å². The van der Waals surface area contributed by atoms with Crippen molar-refractivity contribution >= 4 is 29.2 Å². The Kier molecular flexibility index (Phi) is 5.50. The van der Waals surface area contributed by atoms with Crippen molar-refractivity contribution < 1.29 is 9.53 Å². The molecular weight excluding hydrogens is 309 g/mol. The molecule has 0 aliphatic heterocycles. The molecule has 0 bridgehead atoms. The Balaban J connectivity index is 2.10. The maximum absolute atomic E-state index is 12.3. The van der Waals surface area contributed by atoms with E-state index < -0.39 is 0 Å². The molecule has 0 radical (unpaired) electrons. The lowest BCUT2D eigenvalue weighted by Gasteiger charge is -2.36. The molecule has 1 aromatic heterocycles. The van der Waals surface area contributed by atoms with Gasteiger partial charge in [0.1, 0.15) is 11.3 Å². The molecule has 1 aliphatic rings. The molecule has 21 heavy (non-hydrogen) atoms. The van der Waals surface area contributed by atoms with Crippen molar-refractivity contribution in [3.05, 3.63) is 28.0 Å². The first-order chi connectivity index (χ1) is 9.88. The van der Waals surface area contributed by atoms with Crippen LogP contribution in [0, 0.1) is 17.8 Å². The summed E-state index contributed by atoms with van der Waals surface area (Å²) >= 11 is 11.7. The number of rotatable bonds is 3. The minimum absolute atomic E-state index is 0.0318. The Morgan fingerprint density at radius 2 is 2.10 bits per heavy atom. The highest BCUT2D eigenvalue weighted by Gasteiger charge is 2.33. The minimum Gasteiger partial charge on any atom is -0.458 e. The average Bonchev–Trinajstić information content (AvgIpc) is 2.41. The van der Waals surface area contributed by atoms with Gasteiger partial charge in [-0.3, -0.25) is 0 Å². The number of hydrogen-bond donors (Lipinski definition) is 0. The fourth-order valence-electron chi connectivity index (χ4n) is 2.99. The van der Waals surface area contributed by atoms with Crippen LogP contribution in [0.4, 0.5) is 0 Å². The van der Waals surface area contributed by atoms with Crippen molar-refractivity contribution in [2.45, 2.75) is 46.1 Å². The zero-order valence-corrected chi connectivity index (χ0v) is 14.1. The van der Waals surface area contributed by atoms with Gasteiger partial charge < -0.3 is 4.74 Å². The van der Waals surface area contributed by atoms with E-state index in [0.717, 1.165) is 12.8 Å². The molecule has 116 valence electrons. The fourth-order valence-corrected chi connectivity index (χ4v) is 3.26. The van der Waals surface area contributed by atoms with Gasteiger partial charge in [0.2, 0.25) is 0 Å². The van der Waals surface area contributed by atoms with E-state index in [0.29, 0.717) is 23.3 Å². The van der Waals surface area contributed by atoms with Crippen molar-refractivity contribution in [1.82, 2.24) is 4.98 Å². The summed E-state index contributed by atoms with van der Waals surface area (Å²) in [5.74, 6) is 1.14.